The Hall–Kier alpha value is -0.570. The van der Waals surface area contributed by atoms with Gasteiger partial charge in [-0.3, -0.25) is 4.79 Å². The molecular formula is C13H14Cl2O2. The summed E-state index contributed by atoms with van der Waals surface area (Å²) in [6.45, 7) is 2.41. The number of rotatable bonds is 4. The largest absolute Gasteiger partial charge is 0.373 e. The molecule has 0 spiro atoms. The van der Waals surface area contributed by atoms with Gasteiger partial charge in [0.25, 0.3) is 0 Å². The van der Waals surface area contributed by atoms with Crippen molar-refractivity contribution in [2.24, 2.45) is 5.92 Å². The van der Waals surface area contributed by atoms with Gasteiger partial charge in [-0.05, 0) is 12.5 Å². The second-order valence-electron chi connectivity index (χ2n) is 4.36. The Kier molecular flexibility index (Phi) is 3.76. The highest BCUT2D eigenvalue weighted by Crippen LogP contribution is 2.47. The van der Waals surface area contributed by atoms with E-state index >= 15 is 0 Å². The third kappa shape index (κ3) is 2.65. The van der Waals surface area contributed by atoms with E-state index < -0.39 is 4.33 Å². The van der Waals surface area contributed by atoms with Gasteiger partial charge in [0, 0.05) is 12.3 Å². The van der Waals surface area contributed by atoms with E-state index in [1.54, 1.807) is 0 Å². The number of carbonyl (C=O) groups excluding carboxylic acids is 1. The molecule has 4 heteroatoms. The molecule has 1 aromatic rings. The summed E-state index contributed by atoms with van der Waals surface area (Å²) in [6, 6.07) is 9.87. The Labute approximate surface area is 111 Å². The van der Waals surface area contributed by atoms with Crippen LogP contribution in [0.1, 0.15) is 18.9 Å². The standard InChI is InChI=1S/C13H14Cl2O2/c1-9(11-7-12(16)13(11,14)15)17-8-10-5-3-2-4-6-10/h2-6,9,11H,7-8H2,1H3/t9-,11?/m0/s1. The number of hydrogen-bond donors (Lipinski definition) is 0. The van der Waals surface area contributed by atoms with Crippen molar-refractivity contribution in [3.8, 4) is 0 Å². The van der Waals surface area contributed by atoms with E-state index in [0.717, 1.165) is 5.56 Å². The molecular weight excluding hydrogens is 259 g/mol. The molecule has 92 valence electrons. The maximum Gasteiger partial charge on any atom is 0.181 e. The number of benzene rings is 1. The Morgan fingerprint density at radius 1 is 1.41 bits per heavy atom. The number of hydrogen-bond acceptors (Lipinski definition) is 2. The zero-order valence-corrected chi connectivity index (χ0v) is 11.0. The highest BCUT2D eigenvalue weighted by molar-refractivity contribution is 6.60. The van der Waals surface area contributed by atoms with Crippen LogP contribution in [0.5, 0.6) is 0 Å². The molecule has 1 unspecified atom stereocenters. The number of Topliss-reactive ketones (excluding diaryl/α,β-unsaturated/α-hetero) is 1. The van der Waals surface area contributed by atoms with E-state index in [9.17, 15) is 4.79 Å². The molecule has 1 aliphatic carbocycles. The molecule has 2 atom stereocenters. The van der Waals surface area contributed by atoms with Crippen molar-refractivity contribution in [3.63, 3.8) is 0 Å². The molecule has 17 heavy (non-hydrogen) atoms. The molecule has 0 aromatic heterocycles. The van der Waals surface area contributed by atoms with Crippen molar-refractivity contribution < 1.29 is 9.53 Å². The Bertz CT molecular complexity index is 403. The van der Waals surface area contributed by atoms with Gasteiger partial charge in [-0.1, -0.05) is 53.5 Å². The van der Waals surface area contributed by atoms with Crippen LogP contribution in [0.3, 0.4) is 0 Å². The average molecular weight is 273 g/mol. The summed E-state index contributed by atoms with van der Waals surface area (Å²) in [6.07, 6.45) is 0.283. The van der Waals surface area contributed by atoms with E-state index in [1.807, 2.05) is 37.3 Å². The maximum atomic E-state index is 11.2. The third-order valence-corrected chi connectivity index (χ3v) is 4.15. The fourth-order valence-electron chi connectivity index (χ4n) is 1.92. The van der Waals surface area contributed by atoms with Crippen LogP contribution in [0.4, 0.5) is 0 Å². The summed E-state index contributed by atoms with van der Waals surface area (Å²) < 4.78 is 4.44. The number of ketones is 1. The highest BCUT2D eigenvalue weighted by atomic mass is 35.5. The molecule has 0 N–H and O–H groups in total. The zero-order chi connectivity index (χ0) is 12.5. The SMILES string of the molecule is C[C@H](OCc1ccccc1)C1CC(=O)C1(Cl)Cl. The van der Waals surface area contributed by atoms with Crippen molar-refractivity contribution in [1.82, 2.24) is 0 Å². The van der Waals surface area contributed by atoms with Gasteiger partial charge in [0.1, 0.15) is 0 Å². The number of alkyl halides is 2. The summed E-state index contributed by atoms with van der Waals surface area (Å²) in [5.74, 6) is -0.219. The van der Waals surface area contributed by atoms with Crippen LogP contribution < -0.4 is 0 Å². The van der Waals surface area contributed by atoms with Crippen LogP contribution in [0, 0.1) is 5.92 Å². The lowest BCUT2D eigenvalue weighted by Crippen LogP contribution is -2.52. The van der Waals surface area contributed by atoms with Crippen LogP contribution in [-0.4, -0.2) is 16.2 Å². The molecule has 0 amide bonds. The van der Waals surface area contributed by atoms with E-state index in [2.05, 4.69) is 0 Å². The number of ether oxygens (including phenoxy) is 1. The molecule has 0 radical (unpaired) electrons. The smallest absolute Gasteiger partial charge is 0.181 e. The summed E-state index contributed by atoms with van der Waals surface area (Å²) >= 11 is 11.9. The predicted molar refractivity (Wildman–Crippen MR) is 68.2 cm³/mol. The first-order valence-corrected chi connectivity index (χ1v) is 6.34. The van der Waals surface area contributed by atoms with Crippen molar-refractivity contribution in [1.29, 1.82) is 0 Å². The molecule has 2 nitrogen and oxygen atoms in total. The number of halogens is 2. The minimum absolute atomic E-state index is 0.109. The van der Waals surface area contributed by atoms with Gasteiger partial charge in [-0.25, -0.2) is 0 Å². The molecule has 0 saturated heterocycles. The van der Waals surface area contributed by atoms with Gasteiger partial charge in [0.2, 0.25) is 0 Å². The van der Waals surface area contributed by atoms with E-state index in [1.165, 1.54) is 0 Å². The second-order valence-corrected chi connectivity index (χ2v) is 5.74. The predicted octanol–water partition coefficient (Wildman–Crippen LogP) is 3.35. The van der Waals surface area contributed by atoms with Gasteiger partial charge in [0.15, 0.2) is 10.1 Å². The van der Waals surface area contributed by atoms with Crippen LogP contribution >= 0.6 is 23.2 Å². The lowest BCUT2D eigenvalue weighted by molar-refractivity contribution is -0.133. The van der Waals surface area contributed by atoms with Gasteiger partial charge >= 0.3 is 0 Å². The zero-order valence-electron chi connectivity index (χ0n) is 9.53. The molecule has 1 aliphatic rings. The van der Waals surface area contributed by atoms with Crippen LogP contribution in [0.15, 0.2) is 30.3 Å². The van der Waals surface area contributed by atoms with Crippen LogP contribution in [-0.2, 0) is 16.1 Å². The lowest BCUT2D eigenvalue weighted by Gasteiger charge is -2.41. The fraction of sp³-hybridized carbons (Fsp3) is 0.462. The first-order chi connectivity index (χ1) is 8.01. The Balaban J connectivity index is 1.87. The molecule has 1 fully saturated rings. The van der Waals surface area contributed by atoms with Crippen LogP contribution in [0.25, 0.3) is 0 Å². The maximum absolute atomic E-state index is 11.2. The van der Waals surface area contributed by atoms with Crippen molar-refractivity contribution in [2.75, 3.05) is 0 Å². The first-order valence-electron chi connectivity index (χ1n) is 5.58. The summed E-state index contributed by atoms with van der Waals surface area (Å²) in [4.78, 5) is 11.2. The molecule has 0 heterocycles. The topological polar surface area (TPSA) is 26.3 Å². The van der Waals surface area contributed by atoms with Gasteiger partial charge in [0.05, 0.1) is 12.7 Å². The van der Waals surface area contributed by atoms with Crippen molar-refractivity contribution in [2.45, 2.75) is 30.4 Å². The Morgan fingerprint density at radius 2 is 2.06 bits per heavy atom. The molecule has 1 saturated carbocycles. The summed E-state index contributed by atoms with van der Waals surface area (Å²) in [7, 11) is 0. The molecule has 0 bridgehead atoms. The fourth-order valence-corrected chi connectivity index (χ4v) is 2.58. The normalized spacial score (nSPS) is 24.2. The van der Waals surface area contributed by atoms with Gasteiger partial charge in [-0.2, -0.15) is 0 Å². The van der Waals surface area contributed by atoms with Gasteiger partial charge < -0.3 is 4.74 Å². The van der Waals surface area contributed by atoms with Gasteiger partial charge in [-0.15, -0.1) is 0 Å². The summed E-state index contributed by atoms with van der Waals surface area (Å²) in [5, 5.41) is 0. The monoisotopic (exact) mass is 272 g/mol. The summed E-state index contributed by atoms with van der Waals surface area (Å²) in [5.41, 5.74) is 1.10. The number of carbonyl (C=O) groups is 1. The van der Waals surface area contributed by atoms with Crippen molar-refractivity contribution >= 4 is 29.0 Å². The van der Waals surface area contributed by atoms with Crippen LogP contribution in [0.2, 0.25) is 0 Å². The third-order valence-electron chi connectivity index (χ3n) is 3.17. The average Bonchev–Trinajstić information content (AvgIpc) is 2.34. The molecule has 1 aromatic carbocycles. The quantitative estimate of drug-likeness (QED) is 0.786. The van der Waals surface area contributed by atoms with Crippen molar-refractivity contribution in [3.05, 3.63) is 35.9 Å². The van der Waals surface area contributed by atoms with E-state index in [0.29, 0.717) is 13.0 Å². The highest BCUT2D eigenvalue weighted by Gasteiger charge is 2.55. The second kappa shape index (κ2) is 4.97. The Morgan fingerprint density at radius 3 is 2.59 bits per heavy atom. The molecule has 0 aliphatic heterocycles. The van der Waals surface area contributed by atoms with E-state index in [4.69, 9.17) is 27.9 Å². The minimum Gasteiger partial charge on any atom is -0.373 e. The lowest BCUT2D eigenvalue weighted by atomic mass is 9.79. The minimum atomic E-state index is -1.25. The van der Waals surface area contributed by atoms with E-state index in [-0.39, 0.29) is 17.8 Å². The molecule has 2 rings (SSSR count). The first kappa shape index (κ1) is 12.9.